The smallest absolute Gasteiger partial charge is 0.126 e. The summed E-state index contributed by atoms with van der Waals surface area (Å²) in [5.74, 6) is 4.59. The zero-order valence-electron chi connectivity index (χ0n) is 21.5. The third-order valence-corrected chi connectivity index (χ3v) is 9.73. The molecule has 33 heavy (non-hydrogen) atoms. The standard InChI is InChI=1S/C31H49FO/c1-3-4-5-6-23-7-11-27(12-8-23)29-19-20-30(31(32)21-29)28-17-15-26(16-18-28)25-13-9-24(10-14-25)22-33-2/h19-21,23-28H,3-18,22H2,1-2H3. The van der Waals surface area contributed by atoms with E-state index >= 15 is 4.39 Å². The summed E-state index contributed by atoms with van der Waals surface area (Å²) in [6.07, 6.45) is 21.1. The molecule has 0 radical (unpaired) electrons. The van der Waals surface area contributed by atoms with Crippen molar-refractivity contribution in [1.82, 2.24) is 0 Å². The van der Waals surface area contributed by atoms with Gasteiger partial charge in [-0.25, -0.2) is 4.39 Å². The molecule has 3 aliphatic carbocycles. The molecular formula is C31H49FO. The van der Waals surface area contributed by atoms with Crippen molar-refractivity contribution in [2.45, 2.75) is 121 Å². The van der Waals surface area contributed by atoms with E-state index in [4.69, 9.17) is 4.74 Å². The van der Waals surface area contributed by atoms with Gasteiger partial charge in [0, 0.05) is 13.7 Å². The summed E-state index contributed by atoms with van der Waals surface area (Å²) in [4.78, 5) is 0. The summed E-state index contributed by atoms with van der Waals surface area (Å²) in [5, 5.41) is 0. The zero-order chi connectivity index (χ0) is 23.0. The van der Waals surface area contributed by atoms with Gasteiger partial charge < -0.3 is 4.74 Å². The minimum atomic E-state index is 0.0843. The van der Waals surface area contributed by atoms with Crippen molar-refractivity contribution >= 4 is 0 Å². The molecular weight excluding hydrogens is 407 g/mol. The average molecular weight is 457 g/mol. The van der Waals surface area contributed by atoms with Gasteiger partial charge in [-0.1, -0.05) is 44.7 Å². The van der Waals surface area contributed by atoms with Crippen LogP contribution >= 0.6 is 0 Å². The normalized spacial score (nSPS) is 33.2. The molecule has 1 aromatic rings. The molecule has 0 atom stereocenters. The van der Waals surface area contributed by atoms with Gasteiger partial charge in [-0.2, -0.15) is 0 Å². The van der Waals surface area contributed by atoms with Crippen LogP contribution in [0.15, 0.2) is 18.2 Å². The lowest BCUT2D eigenvalue weighted by atomic mass is 9.68. The second-order valence-electron chi connectivity index (χ2n) is 11.8. The molecule has 4 rings (SSSR count). The molecule has 1 nitrogen and oxygen atoms in total. The Morgan fingerprint density at radius 2 is 1.36 bits per heavy atom. The van der Waals surface area contributed by atoms with E-state index in [2.05, 4.69) is 19.1 Å². The van der Waals surface area contributed by atoms with Crippen LogP contribution in [0.3, 0.4) is 0 Å². The third-order valence-electron chi connectivity index (χ3n) is 9.73. The van der Waals surface area contributed by atoms with Crippen molar-refractivity contribution in [3.8, 4) is 0 Å². The first kappa shape index (κ1) is 25.2. The van der Waals surface area contributed by atoms with E-state index < -0.39 is 0 Å². The molecule has 0 bridgehead atoms. The average Bonchev–Trinajstić information content (AvgIpc) is 2.85. The maximum absolute atomic E-state index is 15.2. The van der Waals surface area contributed by atoms with Crippen LogP contribution in [0.4, 0.5) is 4.39 Å². The minimum Gasteiger partial charge on any atom is -0.384 e. The van der Waals surface area contributed by atoms with Gasteiger partial charge in [0.25, 0.3) is 0 Å². The van der Waals surface area contributed by atoms with E-state index in [1.54, 1.807) is 0 Å². The van der Waals surface area contributed by atoms with Crippen molar-refractivity contribution in [3.63, 3.8) is 0 Å². The Kier molecular flexibility index (Phi) is 9.71. The Hall–Kier alpha value is -0.890. The van der Waals surface area contributed by atoms with E-state index in [1.165, 1.54) is 108 Å². The second kappa shape index (κ2) is 12.7. The van der Waals surface area contributed by atoms with E-state index in [0.29, 0.717) is 11.8 Å². The maximum Gasteiger partial charge on any atom is 0.126 e. The monoisotopic (exact) mass is 456 g/mol. The van der Waals surface area contributed by atoms with E-state index in [9.17, 15) is 0 Å². The molecule has 0 N–H and O–H groups in total. The Morgan fingerprint density at radius 3 is 1.97 bits per heavy atom. The number of rotatable bonds is 9. The van der Waals surface area contributed by atoms with Crippen LogP contribution in [-0.2, 0) is 4.74 Å². The molecule has 1 aromatic carbocycles. The number of hydrogen-bond acceptors (Lipinski definition) is 1. The lowest BCUT2D eigenvalue weighted by molar-refractivity contribution is 0.0967. The predicted octanol–water partition coefficient (Wildman–Crippen LogP) is 9.41. The van der Waals surface area contributed by atoms with Crippen LogP contribution in [0, 0.1) is 29.5 Å². The van der Waals surface area contributed by atoms with Crippen molar-refractivity contribution in [2.24, 2.45) is 23.7 Å². The fourth-order valence-electron chi connectivity index (χ4n) is 7.56. The fraction of sp³-hybridized carbons (Fsp3) is 0.806. The Bertz CT molecular complexity index is 691. The lowest BCUT2D eigenvalue weighted by Gasteiger charge is -2.38. The highest BCUT2D eigenvalue weighted by Gasteiger charge is 2.32. The first-order chi connectivity index (χ1) is 16.2. The lowest BCUT2D eigenvalue weighted by Crippen LogP contribution is -2.26. The highest BCUT2D eigenvalue weighted by molar-refractivity contribution is 5.30. The van der Waals surface area contributed by atoms with Gasteiger partial charge in [0.1, 0.15) is 5.82 Å². The number of hydrogen-bond donors (Lipinski definition) is 0. The van der Waals surface area contributed by atoms with Crippen molar-refractivity contribution in [2.75, 3.05) is 13.7 Å². The third kappa shape index (κ3) is 6.83. The first-order valence-electron chi connectivity index (χ1n) is 14.5. The molecule has 0 aromatic heterocycles. The highest BCUT2D eigenvalue weighted by Crippen LogP contribution is 2.45. The number of methoxy groups -OCH3 is 1. The van der Waals surface area contributed by atoms with Gasteiger partial charge in [0.2, 0.25) is 0 Å². The number of benzene rings is 1. The quantitative estimate of drug-likeness (QED) is 0.336. The molecule has 2 heteroatoms. The van der Waals surface area contributed by atoms with Crippen molar-refractivity contribution in [1.29, 1.82) is 0 Å². The van der Waals surface area contributed by atoms with Crippen molar-refractivity contribution < 1.29 is 9.13 Å². The van der Waals surface area contributed by atoms with Gasteiger partial charge in [-0.05, 0) is 130 Å². The molecule has 0 saturated heterocycles. The van der Waals surface area contributed by atoms with Crippen LogP contribution < -0.4 is 0 Å². The summed E-state index contributed by atoms with van der Waals surface area (Å²) < 4.78 is 20.6. The summed E-state index contributed by atoms with van der Waals surface area (Å²) in [6, 6.07) is 6.36. The van der Waals surface area contributed by atoms with Crippen LogP contribution in [0.1, 0.15) is 133 Å². The second-order valence-corrected chi connectivity index (χ2v) is 11.8. The van der Waals surface area contributed by atoms with Crippen molar-refractivity contribution in [3.05, 3.63) is 35.1 Å². The molecule has 0 heterocycles. The predicted molar refractivity (Wildman–Crippen MR) is 137 cm³/mol. The topological polar surface area (TPSA) is 9.23 Å². The number of ether oxygens (including phenoxy) is 1. The number of unbranched alkanes of at least 4 members (excludes halogenated alkanes) is 2. The molecule has 0 unspecified atom stereocenters. The Balaban J connectivity index is 1.24. The molecule has 3 aliphatic rings. The van der Waals surface area contributed by atoms with Crippen LogP contribution in [0.5, 0.6) is 0 Å². The Labute approximate surface area is 203 Å². The summed E-state index contributed by atoms with van der Waals surface area (Å²) >= 11 is 0. The molecule has 0 spiro atoms. The molecule has 0 amide bonds. The van der Waals surface area contributed by atoms with E-state index in [-0.39, 0.29) is 5.82 Å². The van der Waals surface area contributed by atoms with Crippen LogP contribution in [-0.4, -0.2) is 13.7 Å². The molecule has 0 aliphatic heterocycles. The summed E-state index contributed by atoms with van der Waals surface area (Å²) in [7, 11) is 1.83. The maximum atomic E-state index is 15.2. The molecule has 3 saturated carbocycles. The van der Waals surface area contributed by atoms with E-state index in [0.717, 1.165) is 35.8 Å². The highest BCUT2D eigenvalue weighted by atomic mass is 19.1. The largest absolute Gasteiger partial charge is 0.384 e. The summed E-state index contributed by atoms with van der Waals surface area (Å²) in [6.45, 7) is 3.23. The van der Waals surface area contributed by atoms with Gasteiger partial charge in [0.05, 0.1) is 0 Å². The zero-order valence-corrected chi connectivity index (χ0v) is 21.5. The molecule has 186 valence electrons. The van der Waals surface area contributed by atoms with Crippen LogP contribution in [0.2, 0.25) is 0 Å². The minimum absolute atomic E-state index is 0.0843. The Morgan fingerprint density at radius 1 is 0.758 bits per heavy atom. The fourth-order valence-corrected chi connectivity index (χ4v) is 7.56. The SMILES string of the molecule is CCCCCC1CCC(c2ccc(C3CCC(C4CCC(COC)CC4)CC3)c(F)c2)CC1. The first-order valence-corrected chi connectivity index (χ1v) is 14.5. The number of halogens is 1. The van der Waals surface area contributed by atoms with E-state index in [1.807, 2.05) is 13.2 Å². The van der Waals surface area contributed by atoms with Crippen LogP contribution in [0.25, 0.3) is 0 Å². The van der Waals surface area contributed by atoms with Gasteiger partial charge in [0.15, 0.2) is 0 Å². The summed E-state index contributed by atoms with van der Waals surface area (Å²) in [5.41, 5.74) is 2.28. The van der Waals surface area contributed by atoms with Gasteiger partial charge in [-0.3, -0.25) is 0 Å². The van der Waals surface area contributed by atoms with Gasteiger partial charge in [-0.15, -0.1) is 0 Å². The molecule has 3 fully saturated rings. The van der Waals surface area contributed by atoms with Gasteiger partial charge >= 0.3 is 0 Å².